The van der Waals surface area contributed by atoms with Crippen molar-refractivity contribution in [1.29, 1.82) is 0 Å². The topological polar surface area (TPSA) is 66.9 Å². The summed E-state index contributed by atoms with van der Waals surface area (Å²) < 4.78 is 0. The van der Waals surface area contributed by atoms with Crippen LogP contribution in [0, 0.1) is 12.8 Å². The molecule has 0 aliphatic carbocycles. The van der Waals surface area contributed by atoms with Crippen LogP contribution >= 0.6 is 23.1 Å². The normalized spacial score (nSPS) is 12.0. The lowest BCUT2D eigenvalue weighted by molar-refractivity contribution is 0.245. The molecule has 2 aromatic heterocycles. The molecule has 0 bridgehead atoms. The molecule has 1 unspecified atom stereocenters. The van der Waals surface area contributed by atoms with E-state index in [4.69, 9.17) is 0 Å². The fourth-order valence-electron chi connectivity index (χ4n) is 2.62. The highest BCUT2D eigenvalue weighted by molar-refractivity contribution is 7.99. The van der Waals surface area contributed by atoms with Crippen LogP contribution in [0.4, 0.5) is 10.5 Å². The van der Waals surface area contributed by atoms with Crippen LogP contribution < -0.4 is 10.6 Å². The zero-order chi connectivity index (χ0) is 19.2. The van der Waals surface area contributed by atoms with Gasteiger partial charge in [-0.15, -0.1) is 11.3 Å². The number of anilines is 1. The predicted molar refractivity (Wildman–Crippen MR) is 111 cm³/mol. The number of hydrogen-bond donors (Lipinski definition) is 2. The van der Waals surface area contributed by atoms with Gasteiger partial charge in [0.15, 0.2) is 5.16 Å². The first-order valence-electron chi connectivity index (χ1n) is 8.69. The predicted octanol–water partition coefficient (Wildman–Crippen LogP) is 5.52. The van der Waals surface area contributed by atoms with Crippen molar-refractivity contribution < 1.29 is 4.79 Å². The van der Waals surface area contributed by atoms with Gasteiger partial charge in [-0.1, -0.05) is 19.9 Å². The highest BCUT2D eigenvalue weighted by Crippen LogP contribution is 2.29. The lowest BCUT2D eigenvalue weighted by Gasteiger charge is -2.22. The molecule has 0 aliphatic rings. The molecule has 1 aromatic carbocycles. The van der Waals surface area contributed by atoms with Crippen LogP contribution in [-0.2, 0) is 0 Å². The first kappa shape index (κ1) is 19.4. The molecular formula is C20H22N4OS2. The molecule has 2 amide bonds. The average Bonchev–Trinajstić information content (AvgIpc) is 3.17. The second-order valence-corrected chi connectivity index (χ2v) is 8.47. The highest BCUT2D eigenvalue weighted by Gasteiger charge is 2.19. The van der Waals surface area contributed by atoms with Gasteiger partial charge in [0.05, 0.1) is 6.04 Å². The summed E-state index contributed by atoms with van der Waals surface area (Å²) in [5.41, 5.74) is 1.78. The Morgan fingerprint density at radius 2 is 1.93 bits per heavy atom. The van der Waals surface area contributed by atoms with Crippen molar-refractivity contribution in [3.63, 3.8) is 0 Å². The van der Waals surface area contributed by atoms with Crippen LogP contribution in [0.5, 0.6) is 0 Å². The van der Waals surface area contributed by atoms with E-state index < -0.39 is 0 Å². The van der Waals surface area contributed by atoms with E-state index in [-0.39, 0.29) is 12.1 Å². The van der Waals surface area contributed by atoms with E-state index in [9.17, 15) is 4.79 Å². The molecule has 0 aliphatic heterocycles. The number of thiophene rings is 1. The third-order valence-corrected chi connectivity index (χ3v) is 5.84. The van der Waals surface area contributed by atoms with Crippen molar-refractivity contribution in [2.24, 2.45) is 5.92 Å². The molecule has 3 rings (SSSR count). The lowest BCUT2D eigenvalue weighted by Crippen LogP contribution is -2.34. The van der Waals surface area contributed by atoms with Gasteiger partial charge in [-0.25, -0.2) is 14.8 Å². The molecule has 140 valence electrons. The maximum atomic E-state index is 12.5. The second kappa shape index (κ2) is 9.01. The number of urea groups is 1. The zero-order valence-corrected chi connectivity index (χ0v) is 17.1. The van der Waals surface area contributed by atoms with Crippen LogP contribution in [0.2, 0.25) is 0 Å². The molecule has 7 heteroatoms. The molecule has 0 radical (unpaired) electrons. The van der Waals surface area contributed by atoms with E-state index in [0.29, 0.717) is 11.1 Å². The minimum atomic E-state index is -0.197. The standard InChI is InChI=1S/C20H22N4OS2/c1-13(2)18(17-6-4-11-26-17)24-19(25)23-16-8-7-15(12-14(16)3)27-20-21-9-5-10-22-20/h4-13,18H,1-3H3,(H2,23,24,25). The molecule has 0 fully saturated rings. The van der Waals surface area contributed by atoms with Gasteiger partial charge in [-0.05, 0) is 65.9 Å². The number of nitrogens with one attached hydrogen (secondary N) is 2. The number of aryl methyl sites for hydroxylation is 1. The van der Waals surface area contributed by atoms with Crippen molar-refractivity contribution >= 4 is 34.8 Å². The van der Waals surface area contributed by atoms with Crippen LogP contribution in [0.25, 0.3) is 0 Å². The molecule has 5 nitrogen and oxygen atoms in total. The third-order valence-electron chi connectivity index (χ3n) is 4.00. The molecule has 0 spiro atoms. The summed E-state index contributed by atoms with van der Waals surface area (Å²) in [6.07, 6.45) is 3.45. The van der Waals surface area contributed by atoms with E-state index in [1.165, 1.54) is 11.8 Å². The zero-order valence-electron chi connectivity index (χ0n) is 15.5. The largest absolute Gasteiger partial charge is 0.330 e. The van der Waals surface area contributed by atoms with Gasteiger partial charge in [0.25, 0.3) is 0 Å². The van der Waals surface area contributed by atoms with E-state index in [1.54, 1.807) is 29.8 Å². The van der Waals surface area contributed by atoms with Crippen molar-refractivity contribution in [2.75, 3.05) is 5.32 Å². The number of hydrogen-bond acceptors (Lipinski definition) is 5. The van der Waals surface area contributed by atoms with Crippen molar-refractivity contribution in [1.82, 2.24) is 15.3 Å². The molecule has 2 N–H and O–H groups in total. The Bertz CT molecular complexity index is 882. The minimum absolute atomic E-state index is 0.00429. The van der Waals surface area contributed by atoms with Crippen LogP contribution in [0.15, 0.2) is 64.2 Å². The molecule has 3 aromatic rings. The number of amides is 2. The van der Waals surface area contributed by atoms with Crippen LogP contribution in [0.3, 0.4) is 0 Å². The van der Waals surface area contributed by atoms with Gasteiger partial charge in [0.1, 0.15) is 0 Å². The van der Waals surface area contributed by atoms with Gasteiger partial charge >= 0.3 is 6.03 Å². The monoisotopic (exact) mass is 398 g/mol. The fourth-order valence-corrected chi connectivity index (χ4v) is 4.38. The van der Waals surface area contributed by atoms with E-state index in [2.05, 4.69) is 40.5 Å². The van der Waals surface area contributed by atoms with E-state index in [1.807, 2.05) is 36.6 Å². The van der Waals surface area contributed by atoms with E-state index in [0.717, 1.165) is 21.0 Å². The molecule has 0 saturated heterocycles. The SMILES string of the molecule is Cc1cc(Sc2ncccn2)ccc1NC(=O)NC(c1cccs1)C(C)C. The summed E-state index contributed by atoms with van der Waals surface area (Å²) in [4.78, 5) is 23.1. The number of rotatable bonds is 6. The van der Waals surface area contributed by atoms with Crippen molar-refractivity contribution in [2.45, 2.75) is 36.9 Å². The third kappa shape index (κ3) is 5.30. The van der Waals surface area contributed by atoms with E-state index >= 15 is 0 Å². The summed E-state index contributed by atoms with van der Waals surface area (Å²) in [6, 6.07) is 11.5. The van der Waals surface area contributed by atoms with Gasteiger partial charge < -0.3 is 10.6 Å². The molecule has 27 heavy (non-hydrogen) atoms. The Kier molecular flexibility index (Phi) is 6.47. The quantitative estimate of drug-likeness (QED) is 0.537. The lowest BCUT2D eigenvalue weighted by atomic mass is 10.0. The second-order valence-electron chi connectivity index (χ2n) is 6.45. The number of carbonyl (C=O) groups excluding carboxylic acids is 1. The number of benzene rings is 1. The number of carbonyl (C=O) groups is 1. The van der Waals surface area contributed by atoms with Crippen LogP contribution in [-0.4, -0.2) is 16.0 Å². The minimum Gasteiger partial charge on any atom is -0.330 e. The molecule has 0 saturated carbocycles. The number of nitrogens with zero attached hydrogens (tertiary/aromatic N) is 2. The molecular weight excluding hydrogens is 376 g/mol. The van der Waals surface area contributed by atoms with Gasteiger partial charge in [0, 0.05) is 27.9 Å². The van der Waals surface area contributed by atoms with Gasteiger partial charge in [0.2, 0.25) is 0 Å². The molecule has 2 heterocycles. The highest BCUT2D eigenvalue weighted by atomic mass is 32.2. The van der Waals surface area contributed by atoms with Gasteiger partial charge in [-0.2, -0.15) is 0 Å². The summed E-state index contributed by atoms with van der Waals surface area (Å²) in [6.45, 7) is 6.19. The maximum Gasteiger partial charge on any atom is 0.319 e. The summed E-state index contributed by atoms with van der Waals surface area (Å²) in [5, 5.41) is 8.78. The summed E-state index contributed by atoms with van der Waals surface area (Å²) in [7, 11) is 0. The Morgan fingerprint density at radius 3 is 2.56 bits per heavy atom. The van der Waals surface area contributed by atoms with Crippen LogP contribution in [0.1, 0.15) is 30.3 Å². The summed E-state index contributed by atoms with van der Waals surface area (Å²) in [5.74, 6) is 0.306. The first-order chi connectivity index (χ1) is 13.0. The Labute approximate surface area is 167 Å². The van der Waals surface area contributed by atoms with Crippen molar-refractivity contribution in [3.8, 4) is 0 Å². The Morgan fingerprint density at radius 1 is 1.15 bits per heavy atom. The Hall–Kier alpha value is -2.38. The number of aromatic nitrogens is 2. The fraction of sp³-hybridized carbons (Fsp3) is 0.250. The van der Waals surface area contributed by atoms with Crippen molar-refractivity contribution in [3.05, 3.63) is 64.6 Å². The van der Waals surface area contributed by atoms with Gasteiger partial charge in [-0.3, -0.25) is 0 Å². The maximum absolute atomic E-state index is 12.5. The first-order valence-corrected chi connectivity index (χ1v) is 10.4. The average molecular weight is 399 g/mol. The molecule has 1 atom stereocenters. The summed E-state index contributed by atoms with van der Waals surface area (Å²) >= 11 is 3.15. The smallest absolute Gasteiger partial charge is 0.319 e. The Balaban J connectivity index is 1.65.